The average Bonchev–Trinajstić information content (AvgIpc) is 2.40. The third-order valence-corrected chi connectivity index (χ3v) is 2.56. The quantitative estimate of drug-likeness (QED) is 0.747. The zero-order chi connectivity index (χ0) is 12.1. The van der Waals surface area contributed by atoms with Crippen LogP contribution in [0.5, 0.6) is 0 Å². The molecular weight excluding hydrogens is 212 g/mol. The maximum absolute atomic E-state index is 11.8. The number of esters is 1. The molecule has 0 amide bonds. The van der Waals surface area contributed by atoms with Crippen LogP contribution in [0, 0.1) is 0 Å². The molecule has 0 spiro atoms. The van der Waals surface area contributed by atoms with E-state index in [1.807, 2.05) is 55.5 Å². The van der Waals surface area contributed by atoms with E-state index in [-0.39, 0.29) is 12.1 Å². The molecule has 0 unspecified atom stereocenters. The summed E-state index contributed by atoms with van der Waals surface area (Å²) in [6.45, 7) is 1.87. The van der Waals surface area contributed by atoms with Crippen molar-refractivity contribution >= 4 is 5.97 Å². The molecule has 2 heteroatoms. The highest BCUT2D eigenvalue weighted by atomic mass is 16.5. The first kappa shape index (κ1) is 11.4. The number of carbonyl (C=O) groups is 1. The molecule has 2 rings (SSSR count). The second-order valence-electron chi connectivity index (χ2n) is 3.82. The third kappa shape index (κ3) is 2.94. The Morgan fingerprint density at radius 1 is 0.941 bits per heavy atom. The number of hydrogen-bond donors (Lipinski definition) is 0. The van der Waals surface area contributed by atoms with E-state index in [2.05, 4.69) is 0 Å². The standard InChI is InChI=1S/C15H14O2/c1-12(13-8-4-2-5-9-13)17-15(16)14-10-6-3-7-11-14/h2-12H,1H3/t12-/m0/s1. The molecule has 0 heterocycles. The zero-order valence-electron chi connectivity index (χ0n) is 9.67. The van der Waals surface area contributed by atoms with Gasteiger partial charge in [0.25, 0.3) is 0 Å². The first-order chi connectivity index (χ1) is 8.27. The molecule has 0 aliphatic carbocycles. The Balaban J connectivity index is 2.05. The molecule has 0 N–H and O–H groups in total. The Bertz CT molecular complexity index is 477. The van der Waals surface area contributed by atoms with E-state index >= 15 is 0 Å². The topological polar surface area (TPSA) is 26.3 Å². The summed E-state index contributed by atoms with van der Waals surface area (Å²) in [6.07, 6.45) is -0.232. The SMILES string of the molecule is C[C@H](OC(=O)c1ccccc1)c1ccccc1. The van der Waals surface area contributed by atoms with Gasteiger partial charge in [0, 0.05) is 0 Å². The van der Waals surface area contributed by atoms with Crippen molar-refractivity contribution in [2.75, 3.05) is 0 Å². The van der Waals surface area contributed by atoms with Gasteiger partial charge in [-0.05, 0) is 24.6 Å². The summed E-state index contributed by atoms with van der Waals surface area (Å²) >= 11 is 0. The normalized spacial score (nSPS) is 11.8. The summed E-state index contributed by atoms with van der Waals surface area (Å²) < 4.78 is 5.38. The van der Waals surface area contributed by atoms with Gasteiger partial charge in [-0.3, -0.25) is 0 Å². The van der Waals surface area contributed by atoms with Gasteiger partial charge in [0.05, 0.1) is 5.56 Å². The van der Waals surface area contributed by atoms with Crippen LogP contribution in [0.4, 0.5) is 0 Å². The maximum Gasteiger partial charge on any atom is 0.338 e. The zero-order valence-corrected chi connectivity index (χ0v) is 9.67. The highest BCUT2D eigenvalue weighted by molar-refractivity contribution is 5.89. The van der Waals surface area contributed by atoms with Crippen LogP contribution in [0.2, 0.25) is 0 Å². The summed E-state index contributed by atoms with van der Waals surface area (Å²) in [5.74, 6) is -0.290. The van der Waals surface area contributed by atoms with Crippen molar-refractivity contribution in [1.82, 2.24) is 0 Å². The van der Waals surface area contributed by atoms with Gasteiger partial charge in [-0.2, -0.15) is 0 Å². The summed E-state index contributed by atoms with van der Waals surface area (Å²) in [5, 5.41) is 0. The predicted octanol–water partition coefficient (Wildman–Crippen LogP) is 3.60. The van der Waals surface area contributed by atoms with Crippen molar-refractivity contribution in [1.29, 1.82) is 0 Å². The number of ether oxygens (including phenoxy) is 1. The van der Waals surface area contributed by atoms with Crippen molar-refractivity contribution in [3.8, 4) is 0 Å². The van der Waals surface area contributed by atoms with Gasteiger partial charge in [0.1, 0.15) is 6.10 Å². The molecule has 0 saturated heterocycles. The maximum atomic E-state index is 11.8. The lowest BCUT2D eigenvalue weighted by atomic mass is 10.1. The molecule has 0 aliphatic heterocycles. The highest BCUT2D eigenvalue weighted by Gasteiger charge is 2.12. The minimum absolute atomic E-state index is 0.232. The summed E-state index contributed by atoms with van der Waals surface area (Å²) in [6, 6.07) is 18.7. The van der Waals surface area contributed by atoms with Crippen LogP contribution in [0.3, 0.4) is 0 Å². The number of hydrogen-bond acceptors (Lipinski definition) is 2. The second kappa shape index (κ2) is 5.30. The largest absolute Gasteiger partial charge is 0.454 e. The first-order valence-corrected chi connectivity index (χ1v) is 5.58. The highest BCUT2D eigenvalue weighted by Crippen LogP contribution is 2.17. The van der Waals surface area contributed by atoms with Crippen molar-refractivity contribution < 1.29 is 9.53 Å². The third-order valence-electron chi connectivity index (χ3n) is 2.56. The van der Waals surface area contributed by atoms with Crippen LogP contribution in [-0.4, -0.2) is 5.97 Å². The van der Waals surface area contributed by atoms with Crippen LogP contribution in [0.25, 0.3) is 0 Å². The fourth-order valence-electron chi connectivity index (χ4n) is 1.59. The smallest absolute Gasteiger partial charge is 0.338 e. The number of carbonyl (C=O) groups excluding carboxylic acids is 1. The lowest BCUT2D eigenvalue weighted by molar-refractivity contribution is 0.0338. The molecule has 86 valence electrons. The number of rotatable bonds is 3. The molecule has 2 nitrogen and oxygen atoms in total. The van der Waals surface area contributed by atoms with E-state index in [4.69, 9.17) is 4.74 Å². The fourth-order valence-corrected chi connectivity index (χ4v) is 1.59. The predicted molar refractivity (Wildman–Crippen MR) is 66.7 cm³/mol. The first-order valence-electron chi connectivity index (χ1n) is 5.58. The van der Waals surface area contributed by atoms with Gasteiger partial charge in [-0.15, -0.1) is 0 Å². The molecule has 1 atom stereocenters. The molecule has 2 aromatic carbocycles. The van der Waals surface area contributed by atoms with Gasteiger partial charge >= 0.3 is 5.97 Å². The van der Waals surface area contributed by atoms with Gasteiger partial charge < -0.3 is 4.74 Å². The summed E-state index contributed by atoms with van der Waals surface area (Å²) in [5.41, 5.74) is 1.58. The molecular formula is C15H14O2. The molecule has 0 saturated carbocycles. The van der Waals surface area contributed by atoms with Gasteiger partial charge in [-0.1, -0.05) is 48.5 Å². The molecule has 0 aliphatic rings. The molecule has 0 aromatic heterocycles. The Kier molecular flexibility index (Phi) is 3.55. The Morgan fingerprint density at radius 3 is 2.06 bits per heavy atom. The second-order valence-corrected chi connectivity index (χ2v) is 3.82. The van der Waals surface area contributed by atoms with Crippen LogP contribution in [0.15, 0.2) is 60.7 Å². The summed E-state index contributed by atoms with van der Waals surface area (Å²) in [7, 11) is 0. The van der Waals surface area contributed by atoms with Gasteiger partial charge in [-0.25, -0.2) is 4.79 Å². The van der Waals surface area contributed by atoms with E-state index < -0.39 is 0 Å². The Hall–Kier alpha value is -2.09. The minimum atomic E-state index is -0.290. The van der Waals surface area contributed by atoms with Crippen molar-refractivity contribution in [3.05, 3.63) is 71.8 Å². The molecule has 17 heavy (non-hydrogen) atoms. The van der Waals surface area contributed by atoms with Crippen LogP contribution >= 0.6 is 0 Å². The summed E-state index contributed by atoms with van der Waals surface area (Å²) in [4.78, 5) is 11.8. The monoisotopic (exact) mass is 226 g/mol. The minimum Gasteiger partial charge on any atom is -0.454 e. The van der Waals surface area contributed by atoms with Gasteiger partial charge in [0.15, 0.2) is 0 Å². The molecule has 2 aromatic rings. The lowest BCUT2D eigenvalue weighted by Crippen LogP contribution is -2.08. The lowest BCUT2D eigenvalue weighted by Gasteiger charge is -2.13. The fraction of sp³-hybridized carbons (Fsp3) is 0.133. The van der Waals surface area contributed by atoms with Gasteiger partial charge in [0.2, 0.25) is 0 Å². The molecule has 0 fully saturated rings. The van der Waals surface area contributed by atoms with E-state index in [1.165, 1.54) is 0 Å². The molecule has 0 radical (unpaired) electrons. The van der Waals surface area contributed by atoms with E-state index in [9.17, 15) is 4.79 Å². The Morgan fingerprint density at radius 2 is 1.47 bits per heavy atom. The van der Waals surface area contributed by atoms with Crippen molar-refractivity contribution in [2.45, 2.75) is 13.0 Å². The van der Waals surface area contributed by atoms with Crippen LogP contribution < -0.4 is 0 Å². The van der Waals surface area contributed by atoms with E-state index in [0.29, 0.717) is 5.56 Å². The average molecular weight is 226 g/mol. The van der Waals surface area contributed by atoms with Crippen LogP contribution in [0.1, 0.15) is 28.9 Å². The van der Waals surface area contributed by atoms with Crippen molar-refractivity contribution in [2.24, 2.45) is 0 Å². The van der Waals surface area contributed by atoms with E-state index in [0.717, 1.165) is 5.56 Å². The van der Waals surface area contributed by atoms with Crippen LogP contribution in [-0.2, 0) is 4.74 Å². The molecule has 0 bridgehead atoms. The Labute approximate surface area is 101 Å². The van der Waals surface area contributed by atoms with E-state index in [1.54, 1.807) is 12.1 Å². The number of benzene rings is 2. The van der Waals surface area contributed by atoms with Crippen molar-refractivity contribution in [3.63, 3.8) is 0 Å².